The Morgan fingerprint density at radius 2 is 1.47 bits per heavy atom. The zero-order chi connectivity index (χ0) is 11.6. The van der Waals surface area contributed by atoms with Gasteiger partial charge in [-0.2, -0.15) is 0 Å². The zero-order valence-electron chi connectivity index (χ0n) is 8.13. The second kappa shape index (κ2) is 4.61. The fourth-order valence-electron chi connectivity index (χ4n) is 1.13. The maximum Gasteiger partial charge on any atom is 0.166 e. The molecule has 1 nitrogen and oxygen atoms in total. The summed E-state index contributed by atoms with van der Waals surface area (Å²) >= 11 is 0. The van der Waals surface area contributed by atoms with E-state index < -0.39 is 34.4 Å². The van der Waals surface area contributed by atoms with E-state index in [0.717, 1.165) is 0 Å². The number of nitrogens with one attached hydrogen (secondary N) is 1. The van der Waals surface area contributed by atoms with Gasteiger partial charge in [0.15, 0.2) is 23.3 Å². The molecule has 15 heavy (non-hydrogen) atoms. The van der Waals surface area contributed by atoms with Gasteiger partial charge in [0, 0.05) is 17.7 Å². The lowest BCUT2D eigenvalue weighted by molar-refractivity contribution is 0.429. The first kappa shape index (κ1) is 12.0. The molecule has 0 unspecified atom stereocenters. The molecule has 0 fully saturated rings. The molecule has 1 rings (SSSR count). The van der Waals surface area contributed by atoms with Crippen LogP contribution in [0.1, 0.15) is 18.1 Å². The van der Waals surface area contributed by atoms with E-state index in [2.05, 4.69) is 12.2 Å². The number of halogens is 4. The Kier molecular flexibility index (Phi) is 3.68. The fraction of sp³-hybridized carbons (Fsp3) is 0.300. The van der Waals surface area contributed by atoms with Crippen LogP contribution >= 0.6 is 0 Å². The minimum Gasteiger partial charge on any atom is -0.313 e. The molecule has 1 radical (unpaired) electrons. The predicted molar refractivity (Wildman–Crippen MR) is 48.1 cm³/mol. The zero-order valence-corrected chi connectivity index (χ0v) is 8.13. The molecule has 0 amide bonds. The van der Waals surface area contributed by atoms with Gasteiger partial charge in [-0.05, 0) is 13.5 Å². The van der Waals surface area contributed by atoms with Gasteiger partial charge in [-0.15, -0.1) is 0 Å². The first-order valence-corrected chi connectivity index (χ1v) is 4.38. The van der Waals surface area contributed by atoms with Crippen LogP contribution in [0.25, 0.3) is 0 Å². The number of benzene rings is 1. The summed E-state index contributed by atoms with van der Waals surface area (Å²) in [6.07, 6.45) is 0. The molecule has 0 aromatic heterocycles. The third-order valence-electron chi connectivity index (χ3n) is 2.00. The van der Waals surface area contributed by atoms with Crippen LogP contribution in [0.2, 0.25) is 0 Å². The molecule has 0 saturated carbocycles. The Balaban J connectivity index is 3.26. The van der Waals surface area contributed by atoms with Crippen molar-refractivity contribution in [3.05, 3.63) is 41.3 Å². The van der Waals surface area contributed by atoms with Gasteiger partial charge in [0.1, 0.15) is 0 Å². The van der Waals surface area contributed by atoms with Gasteiger partial charge >= 0.3 is 0 Å². The summed E-state index contributed by atoms with van der Waals surface area (Å²) in [5.74, 6) is -5.66. The Morgan fingerprint density at radius 1 is 1.00 bits per heavy atom. The molecule has 0 aliphatic heterocycles. The first-order chi connectivity index (χ1) is 7.00. The number of hydrogen-bond acceptors (Lipinski definition) is 1. The van der Waals surface area contributed by atoms with Crippen LogP contribution in [-0.4, -0.2) is 6.54 Å². The third-order valence-corrected chi connectivity index (χ3v) is 2.00. The molecule has 5 heteroatoms. The SMILES string of the molecule is [CH2]c1c(F)c(F)c(CNCC)c(F)c1F. The van der Waals surface area contributed by atoms with Gasteiger partial charge in [0.05, 0.1) is 0 Å². The van der Waals surface area contributed by atoms with Crippen molar-refractivity contribution in [1.82, 2.24) is 5.32 Å². The molecule has 1 aromatic rings. The highest BCUT2D eigenvalue weighted by Gasteiger charge is 2.22. The van der Waals surface area contributed by atoms with Crippen molar-refractivity contribution in [2.75, 3.05) is 6.54 Å². The molecule has 0 saturated heterocycles. The van der Waals surface area contributed by atoms with E-state index in [4.69, 9.17) is 0 Å². The Hall–Kier alpha value is -1.10. The van der Waals surface area contributed by atoms with Crippen molar-refractivity contribution < 1.29 is 17.6 Å². The highest BCUT2D eigenvalue weighted by atomic mass is 19.2. The molecule has 0 aliphatic carbocycles. The van der Waals surface area contributed by atoms with E-state index in [1.807, 2.05) is 0 Å². The van der Waals surface area contributed by atoms with Gasteiger partial charge in [0.25, 0.3) is 0 Å². The van der Waals surface area contributed by atoms with Gasteiger partial charge in [-0.3, -0.25) is 0 Å². The molecular weight excluding hydrogens is 210 g/mol. The molecule has 0 spiro atoms. The van der Waals surface area contributed by atoms with E-state index in [-0.39, 0.29) is 6.54 Å². The van der Waals surface area contributed by atoms with Crippen LogP contribution in [0.3, 0.4) is 0 Å². The summed E-state index contributed by atoms with van der Waals surface area (Å²) in [6.45, 7) is 4.80. The maximum absolute atomic E-state index is 13.2. The molecule has 1 N–H and O–H groups in total. The van der Waals surface area contributed by atoms with Crippen LogP contribution in [0.4, 0.5) is 17.6 Å². The lowest BCUT2D eigenvalue weighted by Crippen LogP contribution is -2.17. The summed E-state index contributed by atoms with van der Waals surface area (Å²) in [5, 5.41) is 2.59. The van der Waals surface area contributed by atoms with Crippen LogP contribution in [0, 0.1) is 30.2 Å². The second-order valence-corrected chi connectivity index (χ2v) is 2.99. The minimum atomic E-state index is -1.44. The van der Waals surface area contributed by atoms with Gasteiger partial charge in [0.2, 0.25) is 0 Å². The standard InChI is InChI=1S/C10H10F4N/c1-3-15-4-6-9(13)7(11)5(2)8(12)10(6)14/h15H,2-4H2,1H3. The quantitative estimate of drug-likeness (QED) is 0.609. The normalized spacial score (nSPS) is 10.8. The highest BCUT2D eigenvalue weighted by molar-refractivity contribution is 5.31. The second-order valence-electron chi connectivity index (χ2n) is 2.99. The predicted octanol–water partition coefficient (Wildman–Crippen LogP) is 2.53. The summed E-state index contributed by atoms with van der Waals surface area (Å²) in [7, 11) is 0. The molecule has 0 heterocycles. The van der Waals surface area contributed by atoms with Crippen LogP contribution in [-0.2, 0) is 6.54 Å². The van der Waals surface area contributed by atoms with Crippen molar-refractivity contribution in [2.24, 2.45) is 0 Å². The third kappa shape index (κ3) is 2.12. The molecule has 0 bridgehead atoms. The summed E-state index contributed by atoms with van der Waals surface area (Å²) < 4.78 is 52.3. The van der Waals surface area contributed by atoms with Crippen LogP contribution < -0.4 is 5.32 Å². The molecule has 0 atom stereocenters. The molecular formula is C10H10F4N. The first-order valence-electron chi connectivity index (χ1n) is 4.38. The van der Waals surface area contributed by atoms with Gasteiger partial charge < -0.3 is 5.32 Å². The molecule has 83 valence electrons. The largest absolute Gasteiger partial charge is 0.313 e. The topological polar surface area (TPSA) is 12.0 Å². The average molecular weight is 220 g/mol. The van der Waals surface area contributed by atoms with Crippen molar-refractivity contribution in [2.45, 2.75) is 13.5 Å². The van der Waals surface area contributed by atoms with Crippen LogP contribution in [0.15, 0.2) is 0 Å². The summed E-state index contributed by atoms with van der Waals surface area (Å²) in [5.41, 5.74) is -1.52. The van der Waals surface area contributed by atoms with E-state index >= 15 is 0 Å². The monoisotopic (exact) mass is 220 g/mol. The lowest BCUT2D eigenvalue weighted by Gasteiger charge is -2.09. The maximum atomic E-state index is 13.2. The Bertz CT molecular complexity index is 347. The van der Waals surface area contributed by atoms with Crippen molar-refractivity contribution in [1.29, 1.82) is 0 Å². The Labute approximate surface area is 85.1 Å². The van der Waals surface area contributed by atoms with E-state index in [1.54, 1.807) is 6.92 Å². The van der Waals surface area contributed by atoms with Crippen molar-refractivity contribution in [3.8, 4) is 0 Å². The van der Waals surface area contributed by atoms with Crippen molar-refractivity contribution in [3.63, 3.8) is 0 Å². The fourth-order valence-corrected chi connectivity index (χ4v) is 1.13. The highest BCUT2D eigenvalue weighted by Crippen LogP contribution is 2.23. The smallest absolute Gasteiger partial charge is 0.166 e. The minimum absolute atomic E-state index is 0.262. The average Bonchev–Trinajstić information content (AvgIpc) is 2.24. The van der Waals surface area contributed by atoms with Crippen molar-refractivity contribution >= 4 is 0 Å². The van der Waals surface area contributed by atoms with E-state index in [0.29, 0.717) is 6.54 Å². The molecule has 0 aliphatic rings. The Morgan fingerprint density at radius 3 is 1.87 bits per heavy atom. The molecule has 1 aromatic carbocycles. The van der Waals surface area contributed by atoms with Gasteiger partial charge in [-0.25, -0.2) is 17.6 Å². The van der Waals surface area contributed by atoms with E-state index in [1.165, 1.54) is 0 Å². The van der Waals surface area contributed by atoms with E-state index in [9.17, 15) is 17.6 Å². The summed E-state index contributed by atoms with van der Waals surface area (Å²) in [4.78, 5) is 0. The lowest BCUT2D eigenvalue weighted by atomic mass is 10.1. The van der Waals surface area contributed by atoms with Gasteiger partial charge in [-0.1, -0.05) is 6.92 Å². The summed E-state index contributed by atoms with van der Waals surface area (Å²) in [6, 6.07) is 0. The number of rotatable bonds is 3. The number of hydrogen-bond donors (Lipinski definition) is 1. The van der Waals surface area contributed by atoms with Crippen LogP contribution in [0.5, 0.6) is 0 Å².